The highest BCUT2D eigenvalue weighted by atomic mass is 16.5. The molecule has 5 nitrogen and oxygen atoms in total. The Hall–Kier alpha value is -1.43. The van der Waals surface area contributed by atoms with Gasteiger partial charge in [0.15, 0.2) is 0 Å². The van der Waals surface area contributed by atoms with E-state index >= 15 is 0 Å². The first kappa shape index (κ1) is 15.1. The van der Waals surface area contributed by atoms with Crippen molar-refractivity contribution >= 4 is 11.6 Å². The van der Waals surface area contributed by atoms with Gasteiger partial charge in [-0.1, -0.05) is 6.07 Å². The Kier molecular flexibility index (Phi) is 4.09. The lowest BCUT2D eigenvalue weighted by molar-refractivity contribution is -0.124. The molecule has 1 atom stereocenters. The summed E-state index contributed by atoms with van der Waals surface area (Å²) in [7, 11) is 0. The largest absolute Gasteiger partial charge is 0.379 e. The Labute approximate surface area is 136 Å². The molecule has 124 valence electrons. The molecule has 1 aliphatic carbocycles. The minimum absolute atomic E-state index is 0.0520. The van der Waals surface area contributed by atoms with Crippen LogP contribution in [0.2, 0.25) is 0 Å². The van der Waals surface area contributed by atoms with Crippen molar-refractivity contribution in [3.63, 3.8) is 0 Å². The number of carbonyl (C=O) groups excluding carboxylic acids is 1. The van der Waals surface area contributed by atoms with E-state index in [0.717, 1.165) is 31.7 Å². The van der Waals surface area contributed by atoms with Gasteiger partial charge in [-0.2, -0.15) is 0 Å². The van der Waals surface area contributed by atoms with Crippen LogP contribution in [0.25, 0.3) is 0 Å². The number of rotatable bonds is 3. The molecule has 3 aliphatic rings. The smallest absolute Gasteiger partial charge is 0.238 e. The van der Waals surface area contributed by atoms with Gasteiger partial charge in [0.2, 0.25) is 5.91 Å². The summed E-state index contributed by atoms with van der Waals surface area (Å²) in [6.07, 6.45) is 4.46. The number of hydrogen-bond donors (Lipinski definition) is 1. The number of carbonyl (C=O) groups is 1. The van der Waals surface area contributed by atoms with E-state index in [1.54, 1.807) is 0 Å². The highest BCUT2D eigenvalue weighted by molar-refractivity contribution is 5.92. The van der Waals surface area contributed by atoms with E-state index in [1.165, 1.54) is 24.0 Å². The number of anilines is 1. The molecule has 1 spiro atoms. The van der Waals surface area contributed by atoms with Gasteiger partial charge in [0.05, 0.1) is 31.9 Å². The molecular formula is C18H24N2O3. The van der Waals surface area contributed by atoms with Crippen LogP contribution in [0, 0.1) is 0 Å². The van der Waals surface area contributed by atoms with Gasteiger partial charge in [0, 0.05) is 18.8 Å². The number of nitrogens with one attached hydrogen (secondary N) is 1. The molecule has 1 aromatic rings. The summed E-state index contributed by atoms with van der Waals surface area (Å²) in [5.41, 5.74) is 3.63. The topological polar surface area (TPSA) is 50.8 Å². The van der Waals surface area contributed by atoms with Crippen LogP contribution in [-0.2, 0) is 27.1 Å². The third-order valence-corrected chi connectivity index (χ3v) is 5.35. The van der Waals surface area contributed by atoms with Crippen LogP contribution in [0.15, 0.2) is 18.2 Å². The lowest BCUT2D eigenvalue weighted by atomic mass is 9.96. The summed E-state index contributed by atoms with van der Waals surface area (Å²) in [4.78, 5) is 14.7. The standard InChI is InChI=1S/C18H24N2O3/c21-17(19-16-5-4-14-2-1-3-15(14)10-16)11-20-7-9-23-13-18(20)6-8-22-12-18/h4-5,10H,1-3,6-9,11-13H2,(H,19,21). The van der Waals surface area contributed by atoms with E-state index in [4.69, 9.17) is 9.47 Å². The normalized spacial score (nSPS) is 27.3. The number of hydrogen-bond acceptors (Lipinski definition) is 4. The fourth-order valence-electron chi connectivity index (χ4n) is 4.00. The van der Waals surface area contributed by atoms with Crippen molar-refractivity contribution < 1.29 is 14.3 Å². The first-order valence-corrected chi connectivity index (χ1v) is 8.57. The predicted octanol–water partition coefficient (Wildman–Crippen LogP) is 1.61. The molecule has 2 heterocycles. The Bertz CT molecular complexity index is 596. The van der Waals surface area contributed by atoms with Gasteiger partial charge in [0.25, 0.3) is 0 Å². The minimum atomic E-state index is -0.104. The lowest BCUT2D eigenvalue weighted by Crippen LogP contribution is -2.59. The molecule has 2 saturated heterocycles. The molecule has 0 radical (unpaired) electrons. The van der Waals surface area contributed by atoms with Gasteiger partial charge in [-0.25, -0.2) is 0 Å². The molecule has 2 aliphatic heterocycles. The Balaban J connectivity index is 1.41. The second-order valence-corrected chi connectivity index (χ2v) is 6.89. The van der Waals surface area contributed by atoms with Gasteiger partial charge in [-0.05, 0) is 48.9 Å². The first-order valence-electron chi connectivity index (χ1n) is 8.57. The molecule has 0 bridgehead atoms. The zero-order valence-electron chi connectivity index (χ0n) is 13.5. The summed E-state index contributed by atoms with van der Waals surface area (Å²) < 4.78 is 11.2. The maximum Gasteiger partial charge on any atom is 0.238 e. The molecule has 1 unspecified atom stereocenters. The first-order chi connectivity index (χ1) is 11.3. The fourth-order valence-corrected chi connectivity index (χ4v) is 4.00. The third-order valence-electron chi connectivity index (χ3n) is 5.35. The van der Waals surface area contributed by atoms with E-state index in [2.05, 4.69) is 22.3 Å². The highest BCUT2D eigenvalue weighted by Gasteiger charge is 2.43. The zero-order chi connectivity index (χ0) is 15.7. The molecule has 4 rings (SSSR count). The molecule has 23 heavy (non-hydrogen) atoms. The van der Waals surface area contributed by atoms with Crippen LogP contribution in [-0.4, -0.2) is 55.9 Å². The number of ether oxygens (including phenoxy) is 2. The molecule has 1 aromatic carbocycles. The van der Waals surface area contributed by atoms with Gasteiger partial charge in [0.1, 0.15) is 0 Å². The van der Waals surface area contributed by atoms with Crippen molar-refractivity contribution in [2.24, 2.45) is 0 Å². The molecular weight excluding hydrogens is 292 g/mol. The molecule has 2 fully saturated rings. The van der Waals surface area contributed by atoms with E-state index < -0.39 is 0 Å². The van der Waals surface area contributed by atoms with Crippen molar-refractivity contribution in [3.05, 3.63) is 29.3 Å². The molecule has 5 heteroatoms. The number of fused-ring (bicyclic) bond motifs is 1. The van der Waals surface area contributed by atoms with Crippen molar-refractivity contribution in [1.29, 1.82) is 0 Å². The predicted molar refractivity (Wildman–Crippen MR) is 87.7 cm³/mol. The number of benzene rings is 1. The zero-order valence-corrected chi connectivity index (χ0v) is 13.5. The van der Waals surface area contributed by atoms with E-state index in [9.17, 15) is 4.79 Å². The van der Waals surface area contributed by atoms with Crippen molar-refractivity contribution in [2.45, 2.75) is 31.2 Å². The number of morpholine rings is 1. The van der Waals surface area contributed by atoms with Gasteiger partial charge >= 0.3 is 0 Å². The lowest BCUT2D eigenvalue weighted by Gasteiger charge is -2.43. The minimum Gasteiger partial charge on any atom is -0.379 e. The van der Waals surface area contributed by atoms with Gasteiger partial charge in [-0.3, -0.25) is 9.69 Å². The molecule has 1 amide bonds. The van der Waals surface area contributed by atoms with Crippen LogP contribution >= 0.6 is 0 Å². The van der Waals surface area contributed by atoms with E-state index in [1.807, 2.05) is 6.07 Å². The maximum atomic E-state index is 12.5. The van der Waals surface area contributed by atoms with Crippen molar-refractivity contribution in [1.82, 2.24) is 4.90 Å². The second kappa shape index (κ2) is 6.23. The van der Waals surface area contributed by atoms with Gasteiger partial charge in [-0.15, -0.1) is 0 Å². The quantitative estimate of drug-likeness (QED) is 0.920. The maximum absolute atomic E-state index is 12.5. The summed E-state index contributed by atoms with van der Waals surface area (Å²) in [5, 5.41) is 3.06. The number of aryl methyl sites for hydroxylation is 2. The average molecular weight is 316 g/mol. The molecule has 0 aromatic heterocycles. The monoisotopic (exact) mass is 316 g/mol. The van der Waals surface area contributed by atoms with Crippen molar-refractivity contribution in [2.75, 3.05) is 44.8 Å². The Morgan fingerprint density at radius 1 is 1.17 bits per heavy atom. The van der Waals surface area contributed by atoms with Crippen LogP contribution in [0.3, 0.4) is 0 Å². The summed E-state index contributed by atoms with van der Waals surface area (Å²) in [5.74, 6) is 0.0520. The van der Waals surface area contributed by atoms with E-state index in [0.29, 0.717) is 26.4 Å². The molecule has 1 N–H and O–H groups in total. The fraction of sp³-hybridized carbons (Fsp3) is 0.611. The average Bonchev–Trinajstić information content (AvgIpc) is 3.19. The SMILES string of the molecule is O=C(CN1CCOCC12CCOC2)Nc1ccc2c(c1)CCC2. The third kappa shape index (κ3) is 3.01. The Morgan fingerprint density at radius 3 is 2.87 bits per heavy atom. The van der Waals surface area contributed by atoms with Gasteiger partial charge < -0.3 is 14.8 Å². The molecule has 0 saturated carbocycles. The van der Waals surface area contributed by atoms with Crippen LogP contribution < -0.4 is 5.32 Å². The van der Waals surface area contributed by atoms with Crippen LogP contribution in [0.1, 0.15) is 24.0 Å². The van der Waals surface area contributed by atoms with Crippen LogP contribution in [0.5, 0.6) is 0 Å². The summed E-state index contributed by atoms with van der Waals surface area (Å²) in [6, 6.07) is 6.31. The van der Waals surface area contributed by atoms with E-state index in [-0.39, 0.29) is 11.4 Å². The Morgan fingerprint density at radius 2 is 2.00 bits per heavy atom. The van der Waals surface area contributed by atoms with Crippen molar-refractivity contribution in [3.8, 4) is 0 Å². The number of amides is 1. The second-order valence-electron chi connectivity index (χ2n) is 6.89. The highest BCUT2D eigenvalue weighted by Crippen LogP contribution is 2.29. The summed E-state index contributed by atoms with van der Waals surface area (Å²) in [6.45, 7) is 3.98. The van der Waals surface area contributed by atoms with Crippen LogP contribution in [0.4, 0.5) is 5.69 Å². The summed E-state index contributed by atoms with van der Waals surface area (Å²) >= 11 is 0. The number of nitrogens with zero attached hydrogens (tertiary/aromatic N) is 1.